The van der Waals surface area contributed by atoms with Gasteiger partial charge in [0.1, 0.15) is 11.6 Å². The van der Waals surface area contributed by atoms with Crippen molar-refractivity contribution in [2.45, 2.75) is 38.8 Å². The minimum Gasteiger partial charge on any atom is -0.497 e. The van der Waals surface area contributed by atoms with E-state index in [2.05, 4.69) is 22.9 Å². The van der Waals surface area contributed by atoms with Gasteiger partial charge in [0.05, 0.1) is 24.7 Å². The van der Waals surface area contributed by atoms with Gasteiger partial charge in [-0.25, -0.2) is 4.98 Å². The minimum atomic E-state index is 0.650. The molecule has 4 heteroatoms. The van der Waals surface area contributed by atoms with E-state index in [9.17, 15) is 0 Å². The standard InChI is InChI=1S/C15H21N3O/c1-3-8-16-10-15-17-13-9-12(19-2)6-7-14(13)18(15)11-4-5-11/h6-7,9,11,16H,3-5,8,10H2,1-2H3. The molecule has 1 aromatic heterocycles. The van der Waals surface area contributed by atoms with Gasteiger partial charge in [-0.1, -0.05) is 6.92 Å². The van der Waals surface area contributed by atoms with Gasteiger partial charge in [0, 0.05) is 12.1 Å². The molecule has 0 amide bonds. The number of nitrogens with zero attached hydrogens (tertiary/aromatic N) is 2. The largest absolute Gasteiger partial charge is 0.497 e. The van der Waals surface area contributed by atoms with Crippen LogP contribution in [0.15, 0.2) is 18.2 Å². The van der Waals surface area contributed by atoms with Crippen LogP contribution in [0, 0.1) is 0 Å². The van der Waals surface area contributed by atoms with Crippen LogP contribution in [0.2, 0.25) is 0 Å². The molecule has 1 saturated carbocycles. The summed E-state index contributed by atoms with van der Waals surface area (Å²) in [4.78, 5) is 4.77. The Morgan fingerprint density at radius 3 is 2.95 bits per heavy atom. The lowest BCUT2D eigenvalue weighted by Gasteiger charge is -2.08. The molecule has 0 radical (unpaired) electrons. The molecule has 1 aliphatic rings. The molecule has 0 bridgehead atoms. The molecule has 0 saturated heterocycles. The molecule has 1 aliphatic carbocycles. The smallest absolute Gasteiger partial charge is 0.124 e. The molecule has 3 rings (SSSR count). The third-order valence-corrected chi connectivity index (χ3v) is 3.59. The van der Waals surface area contributed by atoms with Gasteiger partial charge >= 0.3 is 0 Å². The van der Waals surface area contributed by atoms with Crippen molar-refractivity contribution in [3.8, 4) is 5.75 Å². The highest BCUT2D eigenvalue weighted by Gasteiger charge is 2.28. The van der Waals surface area contributed by atoms with Gasteiger partial charge in [0.2, 0.25) is 0 Å². The van der Waals surface area contributed by atoms with Crippen LogP contribution in [-0.4, -0.2) is 23.2 Å². The number of nitrogens with one attached hydrogen (secondary N) is 1. The summed E-state index contributed by atoms with van der Waals surface area (Å²) in [7, 11) is 1.70. The number of fused-ring (bicyclic) bond motifs is 1. The molecule has 2 aromatic rings. The fourth-order valence-electron chi connectivity index (χ4n) is 2.50. The van der Waals surface area contributed by atoms with Crippen molar-refractivity contribution >= 4 is 11.0 Å². The fraction of sp³-hybridized carbons (Fsp3) is 0.533. The maximum Gasteiger partial charge on any atom is 0.124 e. The number of imidazole rings is 1. The van der Waals surface area contributed by atoms with Crippen LogP contribution in [0.25, 0.3) is 11.0 Å². The molecule has 1 fully saturated rings. The topological polar surface area (TPSA) is 39.1 Å². The Bertz CT molecular complexity index is 572. The first-order valence-corrected chi connectivity index (χ1v) is 7.09. The molecule has 1 heterocycles. The van der Waals surface area contributed by atoms with Crippen molar-refractivity contribution in [2.24, 2.45) is 0 Å². The lowest BCUT2D eigenvalue weighted by Crippen LogP contribution is -2.17. The quantitative estimate of drug-likeness (QED) is 0.811. The number of benzene rings is 1. The third-order valence-electron chi connectivity index (χ3n) is 3.59. The molecule has 1 N–H and O–H groups in total. The van der Waals surface area contributed by atoms with E-state index in [1.54, 1.807) is 7.11 Å². The Labute approximate surface area is 113 Å². The third kappa shape index (κ3) is 2.45. The van der Waals surface area contributed by atoms with Gasteiger partial charge in [0.15, 0.2) is 0 Å². The second-order valence-electron chi connectivity index (χ2n) is 5.16. The Balaban J connectivity index is 1.97. The Morgan fingerprint density at radius 2 is 2.26 bits per heavy atom. The van der Waals surface area contributed by atoms with Gasteiger partial charge in [-0.3, -0.25) is 0 Å². The minimum absolute atomic E-state index is 0.650. The molecule has 1 aromatic carbocycles. The number of ether oxygens (including phenoxy) is 1. The van der Waals surface area contributed by atoms with Crippen molar-refractivity contribution in [3.63, 3.8) is 0 Å². The maximum absolute atomic E-state index is 5.28. The molecule has 4 nitrogen and oxygen atoms in total. The number of hydrogen-bond donors (Lipinski definition) is 1. The van der Waals surface area contributed by atoms with Gasteiger partial charge in [-0.2, -0.15) is 0 Å². The van der Waals surface area contributed by atoms with E-state index in [1.165, 1.54) is 18.4 Å². The normalized spacial score (nSPS) is 15.1. The van der Waals surface area contributed by atoms with Gasteiger partial charge in [-0.15, -0.1) is 0 Å². The zero-order valence-electron chi connectivity index (χ0n) is 11.6. The lowest BCUT2D eigenvalue weighted by molar-refractivity contribution is 0.415. The molecule has 0 unspecified atom stereocenters. The first-order valence-electron chi connectivity index (χ1n) is 7.09. The van der Waals surface area contributed by atoms with Crippen LogP contribution in [0.1, 0.15) is 38.1 Å². The van der Waals surface area contributed by atoms with Crippen molar-refractivity contribution in [3.05, 3.63) is 24.0 Å². The Kier molecular flexibility index (Phi) is 3.42. The summed E-state index contributed by atoms with van der Waals surface area (Å²) in [5.41, 5.74) is 2.27. The Hall–Kier alpha value is -1.55. The molecule has 19 heavy (non-hydrogen) atoms. The summed E-state index contributed by atoms with van der Waals surface area (Å²) in [6.45, 7) is 4.07. The Morgan fingerprint density at radius 1 is 1.42 bits per heavy atom. The average Bonchev–Trinajstić information content (AvgIpc) is 3.20. The summed E-state index contributed by atoms with van der Waals surface area (Å²) in [6, 6.07) is 6.82. The number of hydrogen-bond acceptors (Lipinski definition) is 3. The van der Waals surface area contributed by atoms with Crippen LogP contribution in [-0.2, 0) is 6.54 Å². The van der Waals surface area contributed by atoms with Crippen LogP contribution in [0.3, 0.4) is 0 Å². The highest BCUT2D eigenvalue weighted by molar-refractivity contribution is 5.78. The van der Waals surface area contributed by atoms with Crippen molar-refractivity contribution in [2.75, 3.05) is 13.7 Å². The summed E-state index contributed by atoms with van der Waals surface area (Å²) < 4.78 is 7.68. The molecule has 102 valence electrons. The molecule has 0 spiro atoms. The second kappa shape index (κ2) is 5.21. The van der Waals surface area contributed by atoms with Crippen molar-refractivity contribution < 1.29 is 4.74 Å². The molecule has 0 atom stereocenters. The van der Waals surface area contributed by atoms with Crippen LogP contribution >= 0.6 is 0 Å². The maximum atomic E-state index is 5.28. The van der Waals surface area contributed by atoms with E-state index in [4.69, 9.17) is 9.72 Å². The molecular weight excluding hydrogens is 238 g/mol. The number of rotatable bonds is 6. The van der Waals surface area contributed by atoms with E-state index < -0.39 is 0 Å². The zero-order chi connectivity index (χ0) is 13.2. The second-order valence-corrected chi connectivity index (χ2v) is 5.16. The van der Waals surface area contributed by atoms with Gasteiger partial charge in [0.25, 0.3) is 0 Å². The van der Waals surface area contributed by atoms with E-state index in [0.717, 1.165) is 36.6 Å². The van der Waals surface area contributed by atoms with E-state index in [0.29, 0.717) is 6.04 Å². The average molecular weight is 259 g/mol. The molecular formula is C15H21N3O. The lowest BCUT2D eigenvalue weighted by atomic mass is 10.3. The predicted molar refractivity (Wildman–Crippen MR) is 76.6 cm³/mol. The number of aromatic nitrogens is 2. The van der Waals surface area contributed by atoms with Crippen molar-refractivity contribution in [1.29, 1.82) is 0 Å². The van der Waals surface area contributed by atoms with Gasteiger partial charge in [-0.05, 0) is 37.9 Å². The van der Waals surface area contributed by atoms with E-state index in [-0.39, 0.29) is 0 Å². The van der Waals surface area contributed by atoms with E-state index >= 15 is 0 Å². The van der Waals surface area contributed by atoms with E-state index in [1.807, 2.05) is 12.1 Å². The summed E-state index contributed by atoms with van der Waals surface area (Å²) >= 11 is 0. The van der Waals surface area contributed by atoms with Crippen molar-refractivity contribution in [1.82, 2.24) is 14.9 Å². The fourth-order valence-corrected chi connectivity index (χ4v) is 2.50. The first-order chi connectivity index (χ1) is 9.33. The van der Waals surface area contributed by atoms with Crippen LogP contribution < -0.4 is 10.1 Å². The summed E-state index contributed by atoms with van der Waals surface area (Å²) in [5.74, 6) is 2.03. The van der Waals surface area contributed by atoms with Crippen LogP contribution in [0.5, 0.6) is 5.75 Å². The van der Waals surface area contributed by atoms with Crippen LogP contribution in [0.4, 0.5) is 0 Å². The monoisotopic (exact) mass is 259 g/mol. The SMILES string of the molecule is CCCNCc1nc2cc(OC)ccc2n1C1CC1. The first kappa shape index (κ1) is 12.5. The summed E-state index contributed by atoms with van der Waals surface area (Å²) in [6.07, 6.45) is 3.70. The number of methoxy groups -OCH3 is 1. The highest BCUT2D eigenvalue weighted by atomic mass is 16.5. The molecule has 0 aliphatic heterocycles. The zero-order valence-corrected chi connectivity index (χ0v) is 11.6. The highest BCUT2D eigenvalue weighted by Crippen LogP contribution is 2.39. The van der Waals surface area contributed by atoms with Gasteiger partial charge < -0.3 is 14.6 Å². The summed E-state index contributed by atoms with van der Waals surface area (Å²) in [5, 5.41) is 3.45. The predicted octanol–water partition coefficient (Wildman–Crippen LogP) is 2.88.